The van der Waals surface area contributed by atoms with Gasteiger partial charge in [0.05, 0.1) is 24.1 Å². The molecular formula is C22H28F3N5O3. The Kier molecular flexibility index (Phi) is 8.09. The van der Waals surface area contributed by atoms with Crippen LogP contribution in [0.15, 0.2) is 22.7 Å². The molecule has 3 aromatic rings. The van der Waals surface area contributed by atoms with E-state index in [1.165, 1.54) is 6.07 Å². The van der Waals surface area contributed by atoms with E-state index in [0.29, 0.717) is 48.5 Å². The number of aryl methyl sites for hydroxylation is 1. The van der Waals surface area contributed by atoms with Crippen molar-refractivity contribution in [3.63, 3.8) is 0 Å². The van der Waals surface area contributed by atoms with E-state index in [1.54, 1.807) is 14.0 Å². The number of aromatic nitrogens is 3. The molecule has 0 fully saturated rings. The summed E-state index contributed by atoms with van der Waals surface area (Å²) in [5.74, 6) is 1.37. The molecule has 0 aliphatic rings. The molecule has 0 saturated carbocycles. The number of furan rings is 1. The maximum absolute atomic E-state index is 13.1. The van der Waals surface area contributed by atoms with Crippen LogP contribution in [0.5, 0.6) is 0 Å². The Hall–Kier alpha value is -2.92. The molecule has 0 aromatic carbocycles. The second kappa shape index (κ2) is 10.8. The molecule has 180 valence electrons. The zero-order valence-corrected chi connectivity index (χ0v) is 18.8. The van der Waals surface area contributed by atoms with Crippen molar-refractivity contribution >= 4 is 22.7 Å². The number of halogens is 3. The van der Waals surface area contributed by atoms with Crippen LogP contribution in [0, 0.1) is 12.8 Å². The molecule has 1 unspecified atom stereocenters. The fourth-order valence-electron chi connectivity index (χ4n) is 3.38. The first-order chi connectivity index (χ1) is 15.8. The lowest BCUT2D eigenvalue weighted by Gasteiger charge is -2.16. The molecule has 0 spiro atoms. The van der Waals surface area contributed by atoms with E-state index in [1.807, 2.05) is 6.92 Å². The molecule has 0 saturated heterocycles. The Morgan fingerprint density at radius 3 is 2.64 bits per heavy atom. The lowest BCUT2D eigenvalue weighted by Crippen LogP contribution is -2.15. The maximum Gasteiger partial charge on any atom is 0.433 e. The minimum absolute atomic E-state index is 0.0930. The van der Waals surface area contributed by atoms with Crippen molar-refractivity contribution in [2.24, 2.45) is 5.92 Å². The minimum Gasteiger partial charge on any atom is -0.454 e. The number of pyridine rings is 1. The van der Waals surface area contributed by atoms with Gasteiger partial charge in [-0.1, -0.05) is 13.3 Å². The summed E-state index contributed by atoms with van der Waals surface area (Å²) in [6.45, 7) is 5.40. The normalized spacial score (nSPS) is 12.8. The molecule has 3 aromatic heterocycles. The van der Waals surface area contributed by atoms with E-state index in [4.69, 9.17) is 9.15 Å². The number of hydrogen-bond donors (Lipinski definition) is 3. The van der Waals surface area contributed by atoms with Crippen molar-refractivity contribution in [3.8, 4) is 11.3 Å². The van der Waals surface area contributed by atoms with Crippen LogP contribution >= 0.6 is 0 Å². The third kappa shape index (κ3) is 6.11. The first-order valence-electron chi connectivity index (χ1n) is 10.7. The summed E-state index contributed by atoms with van der Waals surface area (Å²) in [4.78, 5) is 12.5. The molecule has 0 amide bonds. The maximum atomic E-state index is 13.1. The van der Waals surface area contributed by atoms with Gasteiger partial charge in [0.2, 0.25) is 5.95 Å². The molecule has 0 radical (unpaired) electrons. The molecule has 8 nitrogen and oxygen atoms in total. The average Bonchev–Trinajstić information content (AvgIpc) is 3.19. The van der Waals surface area contributed by atoms with Crippen LogP contribution < -0.4 is 10.6 Å². The predicted molar refractivity (Wildman–Crippen MR) is 119 cm³/mol. The molecule has 0 aliphatic carbocycles. The molecule has 3 N–H and O–H groups in total. The number of fused-ring (bicyclic) bond motifs is 1. The van der Waals surface area contributed by atoms with Gasteiger partial charge in [-0.3, -0.25) is 0 Å². The van der Waals surface area contributed by atoms with Gasteiger partial charge >= 0.3 is 6.18 Å². The lowest BCUT2D eigenvalue weighted by atomic mass is 10.0. The summed E-state index contributed by atoms with van der Waals surface area (Å²) in [5.41, 5.74) is 0.386. The summed E-state index contributed by atoms with van der Waals surface area (Å²) < 4.78 is 50.0. The van der Waals surface area contributed by atoms with E-state index in [-0.39, 0.29) is 23.5 Å². The number of rotatable bonds is 11. The Balaban J connectivity index is 1.97. The second-order valence-corrected chi connectivity index (χ2v) is 7.66. The highest BCUT2D eigenvalue weighted by molar-refractivity contribution is 5.86. The number of aliphatic hydroxyl groups is 1. The predicted octanol–water partition coefficient (Wildman–Crippen LogP) is 4.49. The number of nitrogens with one attached hydrogen (secondary N) is 2. The molecule has 33 heavy (non-hydrogen) atoms. The number of ether oxygens (including phenoxy) is 1. The van der Waals surface area contributed by atoms with Crippen LogP contribution in [0.1, 0.15) is 31.2 Å². The van der Waals surface area contributed by atoms with Gasteiger partial charge in [-0.2, -0.15) is 18.2 Å². The SMILES string of the molecule is CCC(CO)CCNc1nc(NCCOC)nc(C)c1-c1cc2cc(C(F)(F)F)ncc2o1. The van der Waals surface area contributed by atoms with Crippen LogP contribution in [-0.2, 0) is 10.9 Å². The monoisotopic (exact) mass is 467 g/mol. The number of nitrogens with zero attached hydrogens (tertiary/aromatic N) is 3. The summed E-state index contributed by atoms with van der Waals surface area (Å²) in [7, 11) is 1.59. The van der Waals surface area contributed by atoms with Gasteiger partial charge in [0.1, 0.15) is 17.3 Å². The van der Waals surface area contributed by atoms with Crippen LogP contribution in [0.3, 0.4) is 0 Å². The third-order valence-corrected chi connectivity index (χ3v) is 5.30. The van der Waals surface area contributed by atoms with Crippen molar-refractivity contribution in [1.29, 1.82) is 0 Å². The number of alkyl halides is 3. The van der Waals surface area contributed by atoms with Gasteiger partial charge in [0.25, 0.3) is 0 Å². The standard InChI is InChI=1S/C22H28F3N5O3/c1-4-14(12-31)5-6-26-20-19(13(2)29-21(30-20)27-7-8-32-3)16-9-15-10-18(22(23,24)25)28-11-17(15)33-16/h9-11,14,31H,4-8,12H2,1-3H3,(H2,26,27,29,30). The Labute approximate surface area is 189 Å². The molecule has 11 heteroatoms. The van der Waals surface area contributed by atoms with E-state index >= 15 is 0 Å². The van der Waals surface area contributed by atoms with E-state index in [0.717, 1.165) is 25.1 Å². The van der Waals surface area contributed by atoms with Gasteiger partial charge in [0, 0.05) is 32.2 Å². The number of anilines is 2. The van der Waals surface area contributed by atoms with Gasteiger partial charge in [-0.25, -0.2) is 9.97 Å². The molecule has 3 rings (SSSR count). The van der Waals surface area contributed by atoms with E-state index in [2.05, 4.69) is 25.6 Å². The van der Waals surface area contributed by atoms with Crippen molar-refractivity contribution in [2.45, 2.75) is 32.9 Å². The Morgan fingerprint density at radius 1 is 1.18 bits per heavy atom. The second-order valence-electron chi connectivity index (χ2n) is 7.66. The summed E-state index contributed by atoms with van der Waals surface area (Å²) in [6.07, 6.45) is -1.91. The van der Waals surface area contributed by atoms with Crippen LogP contribution in [-0.4, -0.2) is 53.5 Å². The van der Waals surface area contributed by atoms with Crippen molar-refractivity contribution in [2.75, 3.05) is 44.0 Å². The summed E-state index contributed by atoms with van der Waals surface area (Å²) in [5, 5.41) is 16.1. The molecule has 0 aliphatic heterocycles. The van der Waals surface area contributed by atoms with Crippen molar-refractivity contribution < 1.29 is 27.4 Å². The average molecular weight is 467 g/mol. The number of hydrogen-bond acceptors (Lipinski definition) is 8. The first-order valence-corrected chi connectivity index (χ1v) is 10.7. The highest BCUT2D eigenvalue weighted by Gasteiger charge is 2.33. The number of methoxy groups -OCH3 is 1. The highest BCUT2D eigenvalue weighted by Crippen LogP contribution is 2.36. The number of aliphatic hydroxyl groups excluding tert-OH is 1. The minimum atomic E-state index is -4.55. The first kappa shape index (κ1) is 24.7. The smallest absolute Gasteiger partial charge is 0.433 e. The molecular weight excluding hydrogens is 439 g/mol. The van der Waals surface area contributed by atoms with Gasteiger partial charge < -0.3 is 24.9 Å². The third-order valence-electron chi connectivity index (χ3n) is 5.30. The molecule has 3 heterocycles. The summed E-state index contributed by atoms with van der Waals surface area (Å²) >= 11 is 0. The fraction of sp³-hybridized carbons (Fsp3) is 0.500. The van der Waals surface area contributed by atoms with Crippen LogP contribution in [0.25, 0.3) is 22.3 Å². The quantitative estimate of drug-likeness (QED) is 0.354. The molecule has 0 bridgehead atoms. The molecule has 1 atom stereocenters. The summed E-state index contributed by atoms with van der Waals surface area (Å²) in [6, 6.07) is 2.49. The topological polar surface area (TPSA) is 105 Å². The zero-order chi connectivity index (χ0) is 24.0. The van der Waals surface area contributed by atoms with Crippen molar-refractivity contribution in [1.82, 2.24) is 15.0 Å². The lowest BCUT2D eigenvalue weighted by molar-refractivity contribution is -0.141. The van der Waals surface area contributed by atoms with Crippen LogP contribution in [0.2, 0.25) is 0 Å². The van der Waals surface area contributed by atoms with Crippen molar-refractivity contribution in [3.05, 3.63) is 29.7 Å². The fourth-order valence-corrected chi connectivity index (χ4v) is 3.38. The van der Waals surface area contributed by atoms with E-state index < -0.39 is 11.9 Å². The Bertz CT molecular complexity index is 1070. The van der Waals surface area contributed by atoms with Gasteiger partial charge in [0.15, 0.2) is 5.58 Å². The van der Waals surface area contributed by atoms with Crippen LogP contribution in [0.4, 0.5) is 24.9 Å². The van der Waals surface area contributed by atoms with Gasteiger partial charge in [-0.05, 0) is 31.4 Å². The Morgan fingerprint density at radius 2 is 1.97 bits per heavy atom. The zero-order valence-electron chi connectivity index (χ0n) is 18.8. The van der Waals surface area contributed by atoms with Gasteiger partial charge in [-0.15, -0.1) is 0 Å². The largest absolute Gasteiger partial charge is 0.454 e. The highest BCUT2D eigenvalue weighted by atomic mass is 19.4. The van der Waals surface area contributed by atoms with E-state index in [9.17, 15) is 18.3 Å².